The van der Waals surface area contributed by atoms with E-state index in [-0.39, 0.29) is 5.91 Å². The van der Waals surface area contributed by atoms with Crippen molar-refractivity contribution in [3.63, 3.8) is 0 Å². The maximum atomic E-state index is 12.3. The number of hydrogen-bond donors (Lipinski definition) is 0. The Morgan fingerprint density at radius 2 is 2.29 bits per heavy atom. The molecule has 1 fully saturated rings. The lowest BCUT2D eigenvalue weighted by atomic mass is 10.2. The lowest BCUT2D eigenvalue weighted by molar-refractivity contribution is 0.0767. The van der Waals surface area contributed by atoms with E-state index in [0.717, 1.165) is 24.6 Å². The fraction of sp³-hybridized carbons (Fsp3) is 0.500. The van der Waals surface area contributed by atoms with Gasteiger partial charge in [-0.15, -0.1) is 0 Å². The predicted octanol–water partition coefficient (Wildman–Crippen LogP) is 1.67. The number of amides is 1. The number of pyridine rings is 1. The van der Waals surface area contributed by atoms with Crippen molar-refractivity contribution in [3.8, 4) is 5.88 Å². The standard InChI is InChI=1S/C12H16N2O2S/c1-2-16-11-10(4-3-5-13-11)12(15)14-6-8-17-9-7-14/h3-5H,2,6-9H2,1H3. The van der Waals surface area contributed by atoms with Crippen molar-refractivity contribution in [3.05, 3.63) is 23.9 Å². The molecular formula is C12H16N2O2S. The highest BCUT2D eigenvalue weighted by Gasteiger charge is 2.21. The zero-order valence-electron chi connectivity index (χ0n) is 9.89. The van der Waals surface area contributed by atoms with Crippen molar-refractivity contribution in [1.82, 2.24) is 9.88 Å². The summed E-state index contributed by atoms with van der Waals surface area (Å²) in [4.78, 5) is 18.3. The summed E-state index contributed by atoms with van der Waals surface area (Å²) in [7, 11) is 0. The van der Waals surface area contributed by atoms with Crippen molar-refractivity contribution < 1.29 is 9.53 Å². The van der Waals surface area contributed by atoms with E-state index in [0.29, 0.717) is 18.1 Å². The minimum absolute atomic E-state index is 0.0295. The van der Waals surface area contributed by atoms with Crippen LogP contribution in [0.25, 0.3) is 0 Å². The highest BCUT2D eigenvalue weighted by Crippen LogP contribution is 2.19. The number of carbonyl (C=O) groups is 1. The summed E-state index contributed by atoms with van der Waals surface area (Å²) in [6.45, 7) is 4.03. The second-order valence-electron chi connectivity index (χ2n) is 3.69. The van der Waals surface area contributed by atoms with Gasteiger partial charge in [0.15, 0.2) is 0 Å². The van der Waals surface area contributed by atoms with Crippen molar-refractivity contribution in [2.45, 2.75) is 6.92 Å². The molecule has 2 heterocycles. The predicted molar refractivity (Wildman–Crippen MR) is 68.6 cm³/mol. The molecule has 4 nitrogen and oxygen atoms in total. The summed E-state index contributed by atoms with van der Waals surface area (Å²) in [6.07, 6.45) is 1.65. The van der Waals surface area contributed by atoms with E-state index < -0.39 is 0 Å². The molecule has 1 aliphatic heterocycles. The van der Waals surface area contributed by atoms with Gasteiger partial charge in [-0.1, -0.05) is 0 Å². The van der Waals surface area contributed by atoms with Crippen LogP contribution in [0.5, 0.6) is 5.88 Å². The molecule has 0 spiro atoms. The Balaban J connectivity index is 2.17. The van der Waals surface area contributed by atoms with E-state index in [1.807, 2.05) is 23.6 Å². The minimum atomic E-state index is 0.0295. The lowest BCUT2D eigenvalue weighted by Gasteiger charge is -2.26. The molecule has 0 aliphatic carbocycles. The molecule has 0 saturated carbocycles. The molecule has 0 aromatic carbocycles. The number of hydrogen-bond acceptors (Lipinski definition) is 4. The van der Waals surface area contributed by atoms with Crippen LogP contribution >= 0.6 is 11.8 Å². The monoisotopic (exact) mass is 252 g/mol. The van der Waals surface area contributed by atoms with Crippen LogP contribution in [-0.4, -0.2) is 47.0 Å². The molecule has 0 N–H and O–H groups in total. The summed E-state index contributed by atoms with van der Waals surface area (Å²) in [5.41, 5.74) is 0.571. The molecule has 92 valence electrons. The molecule has 5 heteroatoms. The Labute approximate surface area is 105 Å². The molecule has 2 rings (SSSR count). The number of nitrogens with zero attached hydrogens (tertiary/aromatic N) is 2. The lowest BCUT2D eigenvalue weighted by Crippen LogP contribution is -2.38. The van der Waals surface area contributed by atoms with Gasteiger partial charge in [-0.05, 0) is 19.1 Å². The molecule has 1 saturated heterocycles. The van der Waals surface area contributed by atoms with Gasteiger partial charge >= 0.3 is 0 Å². The first-order chi connectivity index (χ1) is 8.33. The average molecular weight is 252 g/mol. The van der Waals surface area contributed by atoms with Gasteiger partial charge in [-0.2, -0.15) is 11.8 Å². The van der Waals surface area contributed by atoms with Gasteiger partial charge in [-0.25, -0.2) is 4.98 Å². The third-order valence-electron chi connectivity index (χ3n) is 2.58. The normalized spacial score (nSPS) is 15.7. The molecule has 0 atom stereocenters. The van der Waals surface area contributed by atoms with E-state index in [4.69, 9.17) is 4.74 Å². The highest BCUT2D eigenvalue weighted by atomic mass is 32.2. The van der Waals surface area contributed by atoms with Crippen molar-refractivity contribution >= 4 is 17.7 Å². The molecule has 1 aromatic rings. The van der Waals surface area contributed by atoms with E-state index in [1.165, 1.54) is 0 Å². The highest BCUT2D eigenvalue weighted by molar-refractivity contribution is 7.99. The smallest absolute Gasteiger partial charge is 0.259 e. The molecule has 1 amide bonds. The first-order valence-corrected chi connectivity index (χ1v) is 6.93. The van der Waals surface area contributed by atoms with E-state index in [2.05, 4.69) is 4.98 Å². The number of ether oxygens (including phenoxy) is 1. The molecular weight excluding hydrogens is 236 g/mol. The van der Waals surface area contributed by atoms with Crippen molar-refractivity contribution in [2.75, 3.05) is 31.2 Å². The summed E-state index contributed by atoms with van der Waals surface area (Å²) in [5.74, 6) is 2.49. The van der Waals surface area contributed by atoms with Crippen LogP contribution in [0.15, 0.2) is 18.3 Å². The van der Waals surface area contributed by atoms with Crippen molar-refractivity contribution in [1.29, 1.82) is 0 Å². The number of rotatable bonds is 3. The number of aromatic nitrogens is 1. The minimum Gasteiger partial charge on any atom is -0.477 e. The van der Waals surface area contributed by atoms with Gasteiger partial charge in [0.25, 0.3) is 5.91 Å². The third kappa shape index (κ3) is 2.91. The number of thioether (sulfide) groups is 1. The first kappa shape index (κ1) is 12.2. The molecule has 1 aliphatic rings. The van der Waals surface area contributed by atoms with Gasteiger partial charge in [0.2, 0.25) is 5.88 Å². The fourth-order valence-electron chi connectivity index (χ4n) is 1.74. The maximum Gasteiger partial charge on any atom is 0.259 e. The third-order valence-corrected chi connectivity index (χ3v) is 3.52. The fourth-order valence-corrected chi connectivity index (χ4v) is 2.65. The summed E-state index contributed by atoms with van der Waals surface area (Å²) in [6, 6.07) is 3.55. The molecule has 0 unspecified atom stereocenters. The second kappa shape index (κ2) is 5.91. The molecule has 17 heavy (non-hydrogen) atoms. The molecule has 0 radical (unpaired) electrons. The van der Waals surface area contributed by atoms with E-state index in [9.17, 15) is 4.79 Å². The van der Waals surface area contributed by atoms with Gasteiger partial charge in [0.05, 0.1) is 6.61 Å². The Morgan fingerprint density at radius 3 is 3.00 bits per heavy atom. The topological polar surface area (TPSA) is 42.4 Å². The number of carbonyl (C=O) groups excluding carboxylic acids is 1. The maximum absolute atomic E-state index is 12.3. The van der Waals surface area contributed by atoms with Crippen LogP contribution in [0.2, 0.25) is 0 Å². The van der Waals surface area contributed by atoms with Gasteiger partial charge < -0.3 is 9.64 Å². The average Bonchev–Trinajstić information content (AvgIpc) is 2.40. The van der Waals surface area contributed by atoms with Crippen LogP contribution in [0, 0.1) is 0 Å². The van der Waals surface area contributed by atoms with Gasteiger partial charge in [-0.3, -0.25) is 4.79 Å². The van der Waals surface area contributed by atoms with Crippen LogP contribution in [-0.2, 0) is 0 Å². The van der Waals surface area contributed by atoms with Crippen molar-refractivity contribution in [2.24, 2.45) is 0 Å². The Morgan fingerprint density at radius 1 is 1.53 bits per heavy atom. The van der Waals surface area contributed by atoms with E-state index >= 15 is 0 Å². The first-order valence-electron chi connectivity index (χ1n) is 5.77. The van der Waals surface area contributed by atoms with Crippen LogP contribution in [0.3, 0.4) is 0 Å². The van der Waals surface area contributed by atoms with Crippen LogP contribution in [0.1, 0.15) is 17.3 Å². The van der Waals surface area contributed by atoms with Gasteiger partial charge in [0.1, 0.15) is 5.56 Å². The molecule has 1 aromatic heterocycles. The van der Waals surface area contributed by atoms with Gasteiger partial charge in [0, 0.05) is 30.8 Å². The zero-order chi connectivity index (χ0) is 12.1. The summed E-state index contributed by atoms with van der Waals surface area (Å²) in [5, 5.41) is 0. The summed E-state index contributed by atoms with van der Waals surface area (Å²) >= 11 is 1.88. The Kier molecular flexibility index (Phi) is 4.25. The van der Waals surface area contributed by atoms with Crippen LogP contribution < -0.4 is 4.74 Å². The molecule has 0 bridgehead atoms. The zero-order valence-corrected chi connectivity index (χ0v) is 10.7. The Hall–Kier alpha value is -1.23. The Bertz CT molecular complexity index is 392. The second-order valence-corrected chi connectivity index (χ2v) is 4.92. The van der Waals surface area contributed by atoms with E-state index in [1.54, 1.807) is 18.3 Å². The SMILES string of the molecule is CCOc1ncccc1C(=O)N1CCSCC1. The largest absolute Gasteiger partial charge is 0.477 e. The van der Waals surface area contributed by atoms with Crippen LogP contribution in [0.4, 0.5) is 0 Å². The quantitative estimate of drug-likeness (QED) is 0.820. The summed E-state index contributed by atoms with van der Waals surface area (Å²) < 4.78 is 5.39.